The Kier molecular flexibility index (Phi) is 6.32. The molecule has 3 aromatic rings. The lowest BCUT2D eigenvalue weighted by Gasteiger charge is -2.36. The van der Waals surface area contributed by atoms with Crippen molar-refractivity contribution in [1.82, 2.24) is 24.6 Å². The zero-order valence-electron chi connectivity index (χ0n) is 18.8. The van der Waals surface area contributed by atoms with Gasteiger partial charge >= 0.3 is 0 Å². The summed E-state index contributed by atoms with van der Waals surface area (Å²) >= 11 is 0. The third-order valence-corrected chi connectivity index (χ3v) is 6.04. The summed E-state index contributed by atoms with van der Waals surface area (Å²) in [6.45, 7) is 6.93. The van der Waals surface area contributed by atoms with E-state index in [9.17, 15) is 4.39 Å². The van der Waals surface area contributed by atoms with E-state index in [1.165, 1.54) is 30.5 Å². The number of benzene rings is 1. The first kappa shape index (κ1) is 21.4. The molecule has 1 aliphatic rings. The van der Waals surface area contributed by atoms with Crippen molar-refractivity contribution in [2.24, 2.45) is 0 Å². The minimum Gasteiger partial charge on any atom is -0.347 e. The van der Waals surface area contributed by atoms with E-state index in [1.54, 1.807) is 0 Å². The third kappa shape index (κ3) is 4.61. The number of hydrogen-bond acceptors (Lipinski definition) is 5. The highest BCUT2D eigenvalue weighted by Gasteiger charge is 2.29. The molecule has 4 rings (SSSR count). The number of aryl methyl sites for hydroxylation is 2. The Hall–Kier alpha value is -2.80. The standard InChI is InChI=1S/C24H31FN6/c1-5-31-16-19(17(2)28-31)15-30-13-7-6-8-22(30)23-21(14-26-24(27-23)29(3)4)18-9-11-20(25)12-10-18/h9-12,14,16,22H,5-8,13,15H2,1-4H3. The molecule has 31 heavy (non-hydrogen) atoms. The normalized spacial score (nSPS) is 17.1. The number of aromatic nitrogens is 4. The molecule has 0 amide bonds. The number of anilines is 1. The summed E-state index contributed by atoms with van der Waals surface area (Å²) in [5, 5.41) is 4.63. The summed E-state index contributed by atoms with van der Waals surface area (Å²) < 4.78 is 15.5. The van der Waals surface area contributed by atoms with Crippen molar-refractivity contribution < 1.29 is 4.39 Å². The van der Waals surface area contributed by atoms with Crippen molar-refractivity contribution in [2.75, 3.05) is 25.5 Å². The molecule has 1 aromatic carbocycles. The highest BCUT2D eigenvalue weighted by molar-refractivity contribution is 5.66. The summed E-state index contributed by atoms with van der Waals surface area (Å²) in [5.41, 5.74) is 5.29. The third-order valence-electron chi connectivity index (χ3n) is 6.04. The smallest absolute Gasteiger partial charge is 0.225 e. The first-order valence-electron chi connectivity index (χ1n) is 11.0. The van der Waals surface area contributed by atoms with Crippen molar-refractivity contribution in [1.29, 1.82) is 0 Å². The molecule has 7 heteroatoms. The lowest BCUT2D eigenvalue weighted by molar-refractivity contribution is 0.137. The Labute approximate surface area is 183 Å². The van der Waals surface area contributed by atoms with Crippen LogP contribution in [0.25, 0.3) is 11.1 Å². The number of piperidine rings is 1. The average Bonchev–Trinajstić information content (AvgIpc) is 3.14. The second kappa shape index (κ2) is 9.14. The lowest BCUT2D eigenvalue weighted by atomic mass is 9.93. The van der Waals surface area contributed by atoms with Gasteiger partial charge in [-0.1, -0.05) is 18.6 Å². The summed E-state index contributed by atoms with van der Waals surface area (Å²) in [5.74, 6) is 0.459. The first-order chi connectivity index (χ1) is 15.0. The van der Waals surface area contributed by atoms with Crippen LogP contribution < -0.4 is 4.90 Å². The van der Waals surface area contributed by atoms with Crippen LogP contribution in [0.4, 0.5) is 10.3 Å². The van der Waals surface area contributed by atoms with Gasteiger partial charge in [0.15, 0.2) is 0 Å². The first-order valence-corrected chi connectivity index (χ1v) is 11.0. The Balaban J connectivity index is 1.74. The summed E-state index contributed by atoms with van der Waals surface area (Å²) in [4.78, 5) is 14.0. The predicted molar refractivity (Wildman–Crippen MR) is 121 cm³/mol. The lowest BCUT2D eigenvalue weighted by Crippen LogP contribution is -2.34. The maximum absolute atomic E-state index is 13.5. The van der Waals surface area contributed by atoms with Gasteiger partial charge in [-0.05, 0) is 50.9 Å². The van der Waals surface area contributed by atoms with Gasteiger partial charge in [0.25, 0.3) is 0 Å². The van der Waals surface area contributed by atoms with Gasteiger partial charge in [-0.3, -0.25) is 9.58 Å². The van der Waals surface area contributed by atoms with Crippen LogP contribution in [0, 0.1) is 12.7 Å². The van der Waals surface area contributed by atoms with Gasteiger partial charge in [-0.15, -0.1) is 0 Å². The van der Waals surface area contributed by atoms with Gasteiger partial charge in [-0.25, -0.2) is 14.4 Å². The summed E-state index contributed by atoms with van der Waals surface area (Å²) in [6, 6.07) is 6.81. The fourth-order valence-corrected chi connectivity index (χ4v) is 4.29. The van der Waals surface area contributed by atoms with Crippen molar-refractivity contribution in [3.05, 3.63) is 59.4 Å². The van der Waals surface area contributed by atoms with Crippen LogP contribution in [-0.4, -0.2) is 45.3 Å². The molecule has 0 bridgehead atoms. The van der Waals surface area contributed by atoms with E-state index in [4.69, 9.17) is 4.98 Å². The topological polar surface area (TPSA) is 50.1 Å². The van der Waals surface area contributed by atoms with Crippen LogP contribution in [0.2, 0.25) is 0 Å². The van der Waals surface area contributed by atoms with Gasteiger partial charge in [0.1, 0.15) is 5.82 Å². The molecule has 0 spiro atoms. The molecule has 1 saturated heterocycles. The maximum atomic E-state index is 13.5. The second-order valence-corrected chi connectivity index (χ2v) is 8.45. The summed E-state index contributed by atoms with van der Waals surface area (Å²) in [6.07, 6.45) is 7.43. The van der Waals surface area contributed by atoms with Crippen molar-refractivity contribution in [3.8, 4) is 11.1 Å². The fraction of sp³-hybridized carbons (Fsp3) is 0.458. The molecule has 1 aliphatic heterocycles. The van der Waals surface area contributed by atoms with Gasteiger partial charge in [0.05, 0.1) is 17.4 Å². The molecule has 164 valence electrons. The molecule has 3 heterocycles. The van der Waals surface area contributed by atoms with Crippen molar-refractivity contribution in [3.63, 3.8) is 0 Å². The molecule has 1 unspecified atom stereocenters. The van der Waals surface area contributed by atoms with E-state index < -0.39 is 0 Å². The molecule has 1 atom stereocenters. The van der Waals surface area contributed by atoms with Gasteiger partial charge < -0.3 is 4.90 Å². The van der Waals surface area contributed by atoms with E-state index in [0.29, 0.717) is 5.95 Å². The van der Waals surface area contributed by atoms with Crippen LogP contribution >= 0.6 is 0 Å². The molecule has 0 saturated carbocycles. The van der Waals surface area contributed by atoms with E-state index in [1.807, 2.05) is 42.0 Å². The predicted octanol–water partition coefficient (Wildman–Crippen LogP) is 4.60. The molecule has 0 N–H and O–H groups in total. The number of likely N-dealkylation sites (tertiary alicyclic amines) is 1. The van der Waals surface area contributed by atoms with Crippen LogP contribution in [0.1, 0.15) is 49.2 Å². The number of rotatable bonds is 6. The Bertz CT molecular complexity index is 1030. The van der Waals surface area contributed by atoms with Crippen molar-refractivity contribution in [2.45, 2.75) is 52.2 Å². The molecular weight excluding hydrogens is 391 g/mol. The zero-order valence-corrected chi connectivity index (χ0v) is 18.8. The maximum Gasteiger partial charge on any atom is 0.225 e. The molecule has 0 radical (unpaired) electrons. The average molecular weight is 423 g/mol. The highest BCUT2D eigenvalue weighted by atomic mass is 19.1. The highest BCUT2D eigenvalue weighted by Crippen LogP contribution is 2.37. The molecule has 6 nitrogen and oxygen atoms in total. The van der Waals surface area contributed by atoms with Crippen LogP contribution in [0.3, 0.4) is 0 Å². The molecular formula is C24H31FN6. The van der Waals surface area contributed by atoms with E-state index in [0.717, 1.165) is 48.6 Å². The second-order valence-electron chi connectivity index (χ2n) is 8.45. The van der Waals surface area contributed by atoms with E-state index in [2.05, 4.69) is 35.0 Å². The SMILES string of the molecule is CCn1cc(CN2CCCCC2c2nc(N(C)C)ncc2-c2ccc(F)cc2)c(C)n1. The van der Waals surface area contributed by atoms with Crippen LogP contribution in [0.5, 0.6) is 0 Å². The molecule has 2 aromatic heterocycles. The van der Waals surface area contributed by atoms with Gasteiger partial charge in [0, 0.05) is 50.7 Å². The molecule has 0 aliphatic carbocycles. The minimum atomic E-state index is -0.237. The number of nitrogens with zero attached hydrogens (tertiary/aromatic N) is 6. The van der Waals surface area contributed by atoms with Gasteiger partial charge in [0.2, 0.25) is 5.95 Å². The molecule has 1 fully saturated rings. The van der Waals surface area contributed by atoms with Crippen molar-refractivity contribution >= 4 is 5.95 Å². The number of halogens is 1. The van der Waals surface area contributed by atoms with Crippen LogP contribution in [-0.2, 0) is 13.1 Å². The fourth-order valence-electron chi connectivity index (χ4n) is 4.29. The van der Waals surface area contributed by atoms with Gasteiger partial charge in [-0.2, -0.15) is 5.10 Å². The number of hydrogen-bond donors (Lipinski definition) is 0. The van der Waals surface area contributed by atoms with E-state index in [-0.39, 0.29) is 11.9 Å². The largest absolute Gasteiger partial charge is 0.347 e. The zero-order chi connectivity index (χ0) is 22.0. The quantitative estimate of drug-likeness (QED) is 0.581. The Morgan fingerprint density at radius 2 is 1.94 bits per heavy atom. The summed E-state index contributed by atoms with van der Waals surface area (Å²) in [7, 11) is 3.91. The Morgan fingerprint density at radius 3 is 2.61 bits per heavy atom. The Morgan fingerprint density at radius 1 is 1.16 bits per heavy atom. The monoisotopic (exact) mass is 422 g/mol. The van der Waals surface area contributed by atoms with E-state index >= 15 is 0 Å². The van der Waals surface area contributed by atoms with Crippen LogP contribution in [0.15, 0.2) is 36.7 Å². The minimum absolute atomic E-state index is 0.180.